The van der Waals surface area contributed by atoms with Gasteiger partial charge in [0.05, 0.1) is 46.6 Å². The smallest absolute Gasteiger partial charge is 0.187 e. The predicted molar refractivity (Wildman–Crippen MR) is 242 cm³/mol. The highest BCUT2D eigenvalue weighted by atomic mass is 15.0. The summed E-state index contributed by atoms with van der Waals surface area (Å²) in [5.74, 6) is 1.55. The molecule has 0 unspecified atom stereocenters. The molecule has 0 amide bonds. The lowest BCUT2D eigenvalue weighted by Crippen LogP contribution is -2.04. The molecule has 282 valence electrons. The third-order valence-corrected chi connectivity index (χ3v) is 10.9. The average molecular weight is 778 g/mol. The fourth-order valence-corrected chi connectivity index (χ4v) is 8.04. The molecule has 7 heteroatoms. The number of aromatic nitrogens is 4. The van der Waals surface area contributed by atoms with Gasteiger partial charge in [0.1, 0.15) is 0 Å². The van der Waals surface area contributed by atoms with Crippen LogP contribution in [0, 0.1) is 29.2 Å². The summed E-state index contributed by atoms with van der Waals surface area (Å²) in [6.07, 6.45) is 0. The summed E-state index contributed by atoms with van der Waals surface area (Å²) in [6, 6.07) is 66.3. The van der Waals surface area contributed by atoms with Gasteiger partial charge in [-0.2, -0.15) is 10.5 Å². The Kier molecular flexibility index (Phi) is 9.20. The van der Waals surface area contributed by atoms with Crippen LogP contribution < -0.4 is 0 Å². The van der Waals surface area contributed by atoms with Crippen molar-refractivity contribution in [2.75, 3.05) is 0 Å². The lowest BCUT2D eigenvalue weighted by Gasteiger charge is -2.21. The first kappa shape index (κ1) is 36.4. The van der Waals surface area contributed by atoms with Crippen molar-refractivity contribution in [3.63, 3.8) is 0 Å². The number of fused-ring (bicyclic) bond motifs is 3. The summed E-state index contributed by atoms with van der Waals surface area (Å²) < 4.78 is 2.29. The molecule has 0 aliphatic carbocycles. The first-order chi connectivity index (χ1) is 30.1. The van der Waals surface area contributed by atoms with E-state index in [9.17, 15) is 10.5 Å². The van der Waals surface area contributed by atoms with Gasteiger partial charge in [0, 0.05) is 38.6 Å². The second-order valence-electron chi connectivity index (χ2n) is 14.6. The molecular weight excluding hydrogens is 747 g/mol. The van der Waals surface area contributed by atoms with Gasteiger partial charge >= 0.3 is 0 Å². The number of hydrogen-bond acceptors (Lipinski definition) is 5. The van der Waals surface area contributed by atoms with Crippen LogP contribution in [-0.4, -0.2) is 19.5 Å². The van der Waals surface area contributed by atoms with Gasteiger partial charge in [0.15, 0.2) is 23.2 Å². The highest BCUT2D eigenvalue weighted by Crippen LogP contribution is 2.45. The van der Waals surface area contributed by atoms with E-state index >= 15 is 0 Å². The average Bonchev–Trinajstić information content (AvgIpc) is 3.67. The van der Waals surface area contributed by atoms with Crippen LogP contribution in [0.1, 0.15) is 11.1 Å². The van der Waals surface area contributed by atoms with E-state index in [1.54, 1.807) is 6.07 Å². The molecule has 0 N–H and O–H groups in total. The fourth-order valence-electron chi connectivity index (χ4n) is 8.04. The van der Waals surface area contributed by atoms with E-state index in [4.69, 9.17) is 21.5 Å². The van der Waals surface area contributed by atoms with Crippen LogP contribution in [0.3, 0.4) is 0 Å². The normalized spacial score (nSPS) is 10.9. The Morgan fingerprint density at radius 1 is 0.410 bits per heavy atom. The molecule has 10 aromatic rings. The molecule has 0 atom stereocenters. The standard InChI is InChI=1S/C54H31N7/c1-57-44-22-12-21-42(29-44)47-32-43(54-59-52(37-15-4-2-5-16-37)58-53(60-54)38-17-6-3-7-18-38)31-46(41-20-11-14-36(28-41)34-56)51(47)61-49-24-9-8-23-45(49)48-30-40(25-26-50(48)61)39-19-10-13-35(27-39)33-55/h2-32H. The zero-order valence-corrected chi connectivity index (χ0v) is 32.5. The number of benzene rings is 8. The van der Waals surface area contributed by atoms with Crippen LogP contribution in [-0.2, 0) is 0 Å². The summed E-state index contributed by atoms with van der Waals surface area (Å²) in [7, 11) is 0. The Hall–Kier alpha value is -8.96. The zero-order valence-electron chi connectivity index (χ0n) is 32.5. The molecule has 0 saturated heterocycles. The summed E-state index contributed by atoms with van der Waals surface area (Å²) >= 11 is 0. The molecule has 0 radical (unpaired) electrons. The molecule has 2 aromatic heterocycles. The first-order valence-corrected chi connectivity index (χ1v) is 19.7. The largest absolute Gasteiger partial charge is 0.308 e. The summed E-state index contributed by atoms with van der Waals surface area (Å²) in [5.41, 5.74) is 12.2. The lowest BCUT2D eigenvalue weighted by atomic mass is 9.91. The molecule has 0 saturated carbocycles. The van der Waals surface area contributed by atoms with E-state index < -0.39 is 0 Å². The Balaban J connectivity index is 1.32. The van der Waals surface area contributed by atoms with E-state index in [1.807, 2.05) is 140 Å². The fraction of sp³-hybridized carbons (Fsp3) is 0. The number of nitriles is 2. The van der Waals surface area contributed by atoms with Crippen LogP contribution in [0.15, 0.2) is 188 Å². The Morgan fingerprint density at radius 3 is 1.52 bits per heavy atom. The number of hydrogen-bond donors (Lipinski definition) is 0. The van der Waals surface area contributed by atoms with Gasteiger partial charge in [-0.3, -0.25) is 0 Å². The van der Waals surface area contributed by atoms with Crippen molar-refractivity contribution < 1.29 is 0 Å². The van der Waals surface area contributed by atoms with Gasteiger partial charge in [0.25, 0.3) is 0 Å². The maximum absolute atomic E-state index is 10.2. The third-order valence-electron chi connectivity index (χ3n) is 10.9. The van der Waals surface area contributed by atoms with Crippen molar-refractivity contribution >= 4 is 27.5 Å². The van der Waals surface area contributed by atoms with E-state index in [1.165, 1.54) is 0 Å². The van der Waals surface area contributed by atoms with E-state index in [-0.39, 0.29) is 0 Å². The van der Waals surface area contributed by atoms with Crippen molar-refractivity contribution in [3.05, 3.63) is 211 Å². The maximum Gasteiger partial charge on any atom is 0.187 e. The first-order valence-electron chi connectivity index (χ1n) is 19.7. The van der Waals surface area contributed by atoms with Crippen molar-refractivity contribution in [1.29, 1.82) is 10.5 Å². The molecule has 8 aromatic carbocycles. The number of para-hydroxylation sites is 1. The number of rotatable bonds is 7. The van der Waals surface area contributed by atoms with E-state index in [0.717, 1.165) is 77.6 Å². The van der Waals surface area contributed by atoms with Crippen molar-refractivity contribution in [1.82, 2.24) is 19.5 Å². The van der Waals surface area contributed by atoms with Crippen LogP contribution in [0.4, 0.5) is 5.69 Å². The second-order valence-corrected chi connectivity index (χ2v) is 14.6. The van der Waals surface area contributed by atoms with Crippen molar-refractivity contribution in [2.45, 2.75) is 0 Å². The van der Waals surface area contributed by atoms with Crippen LogP contribution in [0.25, 0.3) is 99.9 Å². The quantitative estimate of drug-likeness (QED) is 0.150. The zero-order chi connectivity index (χ0) is 41.3. The molecule has 7 nitrogen and oxygen atoms in total. The van der Waals surface area contributed by atoms with Gasteiger partial charge in [-0.1, -0.05) is 127 Å². The van der Waals surface area contributed by atoms with E-state index in [0.29, 0.717) is 34.3 Å². The van der Waals surface area contributed by atoms with Crippen molar-refractivity contribution in [2.24, 2.45) is 0 Å². The molecule has 0 bridgehead atoms. The van der Waals surface area contributed by atoms with Gasteiger partial charge in [-0.15, -0.1) is 0 Å². The highest BCUT2D eigenvalue weighted by molar-refractivity contribution is 6.12. The van der Waals surface area contributed by atoms with E-state index in [2.05, 4.69) is 64.0 Å². The van der Waals surface area contributed by atoms with Gasteiger partial charge in [0.2, 0.25) is 0 Å². The predicted octanol–water partition coefficient (Wildman–Crippen LogP) is 13.3. The minimum Gasteiger partial charge on any atom is -0.308 e. The minimum atomic E-state index is 0.478. The SMILES string of the molecule is [C-]#[N+]c1cccc(-c2cc(-c3nc(-c4ccccc4)nc(-c4ccccc4)n3)cc(-c3cccc(C#N)c3)c2-n2c3ccccc3c3cc(-c4cccc(C#N)c4)ccc32)c1. The van der Waals surface area contributed by atoms with Gasteiger partial charge < -0.3 is 4.57 Å². The highest BCUT2D eigenvalue weighted by Gasteiger charge is 2.24. The molecule has 10 rings (SSSR count). The second kappa shape index (κ2) is 15.4. The molecule has 0 spiro atoms. The summed E-state index contributed by atoms with van der Waals surface area (Å²) in [5, 5.41) is 21.9. The summed E-state index contributed by atoms with van der Waals surface area (Å²) in [4.78, 5) is 19.0. The molecule has 61 heavy (non-hydrogen) atoms. The van der Waals surface area contributed by atoms with Gasteiger partial charge in [-0.25, -0.2) is 19.8 Å². The monoisotopic (exact) mass is 777 g/mol. The maximum atomic E-state index is 10.2. The van der Waals surface area contributed by atoms with Gasteiger partial charge in [-0.05, 0) is 82.9 Å². The number of nitrogens with zero attached hydrogens (tertiary/aromatic N) is 7. The molecule has 2 heterocycles. The molecular formula is C54H31N7. The van der Waals surface area contributed by atoms with Crippen LogP contribution in [0.2, 0.25) is 0 Å². The lowest BCUT2D eigenvalue weighted by molar-refractivity contribution is 1.07. The van der Waals surface area contributed by atoms with Crippen LogP contribution >= 0.6 is 0 Å². The Bertz CT molecular complexity index is 3320. The van der Waals surface area contributed by atoms with Crippen LogP contribution in [0.5, 0.6) is 0 Å². The Morgan fingerprint density at radius 2 is 0.902 bits per heavy atom. The Labute approximate surface area is 352 Å². The molecule has 0 aliphatic rings. The molecule has 0 aliphatic heterocycles. The minimum absolute atomic E-state index is 0.478. The molecule has 0 fully saturated rings. The summed E-state index contributed by atoms with van der Waals surface area (Å²) in [6.45, 7) is 7.98. The third kappa shape index (κ3) is 6.73. The topological polar surface area (TPSA) is 95.5 Å². The van der Waals surface area contributed by atoms with Crippen molar-refractivity contribution in [3.8, 4) is 85.4 Å².